The Morgan fingerprint density at radius 3 is 1.96 bits per heavy atom. The molecule has 0 spiro atoms. The van der Waals surface area contributed by atoms with E-state index in [2.05, 4.69) is 34.9 Å². The van der Waals surface area contributed by atoms with E-state index in [4.69, 9.17) is 17.0 Å². The summed E-state index contributed by atoms with van der Waals surface area (Å²) in [5.41, 5.74) is 3.23. The van der Waals surface area contributed by atoms with Crippen LogP contribution in [-0.4, -0.2) is 11.7 Å². The van der Waals surface area contributed by atoms with Crippen LogP contribution in [0.5, 0.6) is 5.75 Å². The smallest absolute Gasteiger partial charge is 0.175 e. The van der Waals surface area contributed by atoms with Crippen molar-refractivity contribution in [2.75, 3.05) is 17.2 Å². The molecule has 2 N–H and O–H groups in total. The van der Waals surface area contributed by atoms with E-state index in [1.54, 1.807) is 0 Å². The second-order valence-corrected chi connectivity index (χ2v) is 6.32. The van der Waals surface area contributed by atoms with Crippen LogP contribution in [-0.2, 0) is 6.42 Å². The van der Waals surface area contributed by atoms with Crippen molar-refractivity contribution in [1.82, 2.24) is 0 Å². The van der Waals surface area contributed by atoms with E-state index in [1.165, 1.54) is 5.56 Å². The maximum absolute atomic E-state index is 5.81. The molecule has 4 heteroatoms. The summed E-state index contributed by atoms with van der Waals surface area (Å²) in [5, 5.41) is 6.89. The molecule has 0 unspecified atom stereocenters. The number of rotatable bonds is 7. The Hall–Kier alpha value is -2.85. The van der Waals surface area contributed by atoms with Gasteiger partial charge in [-0.25, -0.2) is 0 Å². The van der Waals surface area contributed by atoms with Gasteiger partial charge in [0.2, 0.25) is 0 Å². The van der Waals surface area contributed by atoms with Gasteiger partial charge in [0.15, 0.2) is 5.11 Å². The Labute approximate surface area is 160 Å². The number of para-hydroxylation sites is 1. The van der Waals surface area contributed by atoms with Gasteiger partial charge in [-0.2, -0.15) is 0 Å². The van der Waals surface area contributed by atoms with Gasteiger partial charge in [0.05, 0.1) is 6.61 Å². The quantitative estimate of drug-likeness (QED) is 0.429. The minimum absolute atomic E-state index is 0.563. The van der Waals surface area contributed by atoms with Crippen molar-refractivity contribution in [1.29, 1.82) is 0 Å². The lowest BCUT2D eigenvalue weighted by Gasteiger charge is -2.11. The first-order valence-corrected chi connectivity index (χ1v) is 9.10. The molecule has 0 aromatic heterocycles. The highest BCUT2D eigenvalue weighted by Crippen LogP contribution is 2.17. The molecule has 0 radical (unpaired) electrons. The molecule has 132 valence electrons. The molecule has 0 aliphatic heterocycles. The average Bonchev–Trinajstić information content (AvgIpc) is 2.68. The van der Waals surface area contributed by atoms with Gasteiger partial charge in [-0.15, -0.1) is 0 Å². The highest BCUT2D eigenvalue weighted by Gasteiger charge is 2.00. The van der Waals surface area contributed by atoms with Crippen LogP contribution in [0.25, 0.3) is 0 Å². The minimum atomic E-state index is 0.563. The SMILES string of the molecule is S=C(Nc1ccccc1)Nc1ccc(OCCCc2ccccc2)cc1. The highest BCUT2D eigenvalue weighted by molar-refractivity contribution is 7.80. The summed E-state index contributed by atoms with van der Waals surface area (Å²) >= 11 is 5.33. The number of thiocarbonyl (C=S) groups is 1. The summed E-state index contributed by atoms with van der Waals surface area (Å²) in [6.07, 6.45) is 2.02. The Bertz CT molecular complexity index is 805. The molecule has 3 aromatic carbocycles. The van der Waals surface area contributed by atoms with Crippen LogP contribution in [0.4, 0.5) is 11.4 Å². The van der Waals surface area contributed by atoms with Crippen LogP contribution in [0.2, 0.25) is 0 Å². The van der Waals surface area contributed by atoms with E-state index in [-0.39, 0.29) is 0 Å². The molecule has 0 bridgehead atoms. The fraction of sp³-hybridized carbons (Fsp3) is 0.136. The standard InChI is InChI=1S/C22H22N2OS/c26-22(23-19-11-5-2-6-12-19)24-20-13-15-21(16-14-20)25-17-7-10-18-8-3-1-4-9-18/h1-6,8-9,11-16H,7,10,17H2,(H2,23,24,26). The first-order valence-electron chi connectivity index (χ1n) is 8.69. The van der Waals surface area contributed by atoms with Crippen LogP contribution < -0.4 is 15.4 Å². The van der Waals surface area contributed by atoms with Crippen LogP contribution >= 0.6 is 12.2 Å². The van der Waals surface area contributed by atoms with Crippen molar-refractivity contribution in [2.24, 2.45) is 0 Å². The van der Waals surface area contributed by atoms with E-state index in [1.807, 2.05) is 60.7 Å². The monoisotopic (exact) mass is 362 g/mol. The molecule has 3 aromatic rings. The van der Waals surface area contributed by atoms with Gasteiger partial charge in [-0.05, 0) is 67.0 Å². The van der Waals surface area contributed by atoms with Gasteiger partial charge >= 0.3 is 0 Å². The number of hydrogen-bond donors (Lipinski definition) is 2. The zero-order valence-electron chi connectivity index (χ0n) is 14.5. The number of anilines is 2. The van der Waals surface area contributed by atoms with Gasteiger partial charge in [0.1, 0.15) is 5.75 Å². The first kappa shape index (κ1) is 18.0. The fourth-order valence-corrected chi connectivity index (χ4v) is 2.80. The Balaban J connectivity index is 1.41. The van der Waals surface area contributed by atoms with Crippen LogP contribution in [0.1, 0.15) is 12.0 Å². The number of benzene rings is 3. The van der Waals surface area contributed by atoms with Gasteiger partial charge in [0, 0.05) is 11.4 Å². The van der Waals surface area contributed by atoms with Gasteiger partial charge < -0.3 is 15.4 Å². The van der Waals surface area contributed by atoms with Crippen LogP contribution in [0.3, 0.4) is 0 Å². The zero-order chi connectivity index (χ0) is 18.0. The Kier molecular flexibility index (Phi) is 6.62. The summed E-state index contributed by atoms with van der Waals surface area (Å²) in [6.45, 7) is 0.704. The van der Waals surface area contributed by atoms with Gasteiger partial charge in [-0.1, -0.05) is 48.5 Å². The summed E-state index contributed by atoms with van der Waals surface area (Å²) in [5.74, 6) is 0.866. The minimum Gasteiger partial charge on any atom is -0.494 e. The molecule has 3 rings (SSSR count). The number of ether oxygens (including phenoxy) is 1. The lowest BCUT2D eigenvalue weighted by Crippen LogP contribution is -2.18. The lowest BCUT2D eigenvalue weighted by atomic mass is 10.1. The van der Waals surface area contributed by atoms with Crippen molar-refractivity contribution < 1.29 is 4.74 Å². The topological polar surface area (TPSA) is 33.3 Å². The summed E-state index contributed by atoms with van der Waals surface area (Å²) in [6, 6.07) is 28.2. The molecule has 0 saturated heterocycles. The molecule has 0 heterocycles. The molecular weight excluding hydrogens is 340 g/mol. The van der Waals surface area contributed by atoms with Gasteiger partial charge in [0.25, 0.3) is 0 Å². The van der Waals surface area contributed by atoms with E-state index in [0.717, 1.165) is 30.0 Å². The molecule has 3 nitrogen and oxygen atoms in total. The maximum Gasteiger partial charge on any atom is 0.175 e. The van der Waals surface area contributed by atoms with E-state index >= 15 is 0 Å². The number of hydrogen-bond acceptors (Lipinski definition) is 2. The van der Waals surface area contributed by atoms with E-state index < -0.39 is 0 Å². The molecule has 0 atom stereocenters. The molecule has 0 aliphatic carbocycles. The van der Waals surface area contributed by atoms with Crippen molar-refractivity contribution in [3.05, 3.63) is 90.5 Å². The van der Waals surface area contributed by atoms with E-state index in [0.29, 0.717) is 11.7 Å². The summed E-state index contributed by atoms with van der Waals surface area (Å²) in [4.78, 5) is 0. The van der Waals surface area contributed by atoms with E-state index in [9.17, 15) is 0 Å². The highest BCUT2D eigenvalue weighted by atomic mass is 32.1. The molecular formula is C22H22N2OS. The third-order valence-electron chi connectivity index (χ3n) is 3.87. The molecule has 26 heavy (non-hydrogen) atoms. The lowest BCUT2D eigenvalue weighted by molar-refractivity contribution is 0.311. The predicted octanol–water partition coefficient (Wildman–Crippen LogP) is 5.51. The Morgan fingerprint density at radius 1 is 0.731 bits per heavy atom. The van der Waals surface area contributed by atoms with Gasteiger partial charge in [-0.3, -0.25) is 0 Å². The zero-order valence-corrected chi connectivity index (χ0v) is 15.3. The molecule has 0 amide bonds. The normalized spacial score (nSPS) is 10.2. The number of aryl methyl sites for hydroxylation is 1. The van der Waals surface area contributed by atoms with Crippen molar-refractivity contribution >= 4 is 28.7 Å². The molecule has 0 aliphatic rings. The van der Waals surface area contributed by atoms with Crippen molar-refractivity contribution in [3.8, 4) is 5.75 Å². The number of nitrogens with one attached hydrogen (secondary N) is 2. The third-order valence-corrected chi connectivity index (χ3v) is 4.07. The summed E-state index contributed by atoms with van der Waals surface area (Å²) in [7, 11) is 0. The largest absolute Gasteiger partial charge is 0.494 e. The van der Waals surface area contributed by atoms with Crippen LogP contribution in [0, 0.1) is 0 Å². The van der Waals surface area contributed by atoms with Crippen LogP contribution in [0.15, 0.2) is 84.9 Å². The second kappa shape index (κ2) is 9.59. The molecule has 0 saturated carbocycles. The first-order chi connectivity index (χ1) is 12.8. The third kappa shape index (κ3) is 5.90. The predicted molar refractivity (Wildman–Crippen MR) is 113 cm³/mol. The summed E-state index contributed by atoms with van der Waals surface area (Å²) < 4.78 is 5.81. The average molecular weight is 362 g/mol. The van der Waals surface area contributed by atoms with Crippen molar-refractivity contribution in [2.45, 2.75) is 12.8 Å². The second-order valence-electron chi connectivity index (χ2n) is 5.91. The maximum atomic E-state index is 5.81. The fourth-order valence-electron chi connectivity index (χ4n) is 2.56. The van der Waals surface area contributed by atoms with Crippen molar-refractivity contribution in [3.63, 3.8) is 0 Å². The Morgan fingerprint density at radius 2 is 1.31 bits per heavy atom. The molecule has 0 fully saturated rings.